The van der Waals surface area contributed by atoms with Crippen LogP contribution in [0.2, 0.25) is 10.0 Å². The second kappa shape index (κ2) is 9.32. The summed E-state index contributed by atoms with van der Waals surface area (Å²) in [7, 11) is 2.02. The molecule has 37 heavy (non-hydrogen) atoms. The molecule has 5 rings (SSSR count). The summed E-state index contributed by atoms with van der Waals surface area (Å²) in [4.78, 5) is 29.4. The zero-order valence-corrected chi connectivity index (χ0v) is 23.6. The van der Waals surface area contributed by atoms with E-state index in [9.17, 15) is 9.59 Å². The summed E-state index contributed by atoms with van der Waals surface area (Å²) in [5, 5.41) is 1.13. The monoisotopic (exact) mass is 537 g/mol. The number of nitrogens with zero attached hydrogens (tertiary/aromatic N) is 1. The van der Waals surface area contributed by atoms with Crippen LogP contribution in [-0.2, 0) is 16.2 Å². The standard InChI is InChI=1S/C31H33Cl2NO3/c1-30(2)13-22-28(24(35)15-30)27(29-23(34(22)5)14-31(3,4)16-25(29)36)19-8-11-26(21(33)12-19)37-17-18-6-9-20(32)10-7-18/h6-12,27H,13-17H2,1-5H3. The minimum Gasteiger partial charge on any atom is -0.487 e. The fraction of sp³-hybridized carbons (Fsp3) is 0.419. The average molecular weight is 539 g/mol. The molecule has 2 aromatic rings. The Bertz CT molecular complexity index is 1300. The molecule has 3 aliphatic rings. The Hall–Kier alpha value is -2.56. The Labute approximate surface area is 229 Å². The van der Waals surface area contributed by atoms with Crippen LogP contribution >= 0.6 is 23.2 Å². The molecule has 0 bridgehead atoms. The summed E-state index contributed by atoms with van der Waals surface area (Å²) in [5.74, 6) is 0.387. The van der Waals surface area contributed by atoms with Crippen molar-refractivity contribution in [2.24, 2.45) is 10.8 Å². The van der Waals surface area contributed by atoms with Crippen molar-refractivity contribution in [1.82, 2.24) is 4.90 Å². The van der Waals surface area contributed by atoms with Gasteiger partial charge in [-0.15, -0.1) is 0 Å². The van der Waals surface area contributed by atoms with Crippen molar-refractivity contribution in [2.45, 2.75) is 65.9 Å². The van der Waals surface area contributed by atoms with Crippen molar-refractivity contribution in [3.63, 3.8) is 0 Å². The number of hydrogen-bond acceptors (Lipinski definition) is 4. The van der Waals surface area contributed by atoms with Crippen LogP contribution in [0.15, 0.2) is 65.0 Å². The largest absolute Gasteiger partial charge is 0.487 e. The van der Waals surface area contributed by atoms with E-state index in [4.69, 9.17) is 27.9 Å². The maximum atomic E-state index is 13.6. The molecule has 0 amide bonds. The lowest BCUT2D eigenvalue weighted by Gasteiger charge is -2.47. The van der Waals surface area contributed by atoms with Crippen LogP contribution in [0.1, 0.15) is 70.4 Å². The van der Waals surface area contributed by atoms with Gasteiger partial charge in [0.2, 0.25) is 0 Å². The Morgan fingerprint density at radius 1 is 0.838 bits per heavy atom. The van der Waals surface area contributed by atoms with E-state index in [-0.39, 0.29) is 22.4 Å². The van der Waals surface area contributed by atoms with E-state index >= 15 is 0 Å². The predicted molar refractivity (Wildman–Crippen MR) is 148 cm³/mol. The van der Waals surface area contributed by atoms with Crippen molar-refractivity contribution in [3.8, 4) is 5.75 Å². The van der Waals surface area contributed by atoms with Gasteiger partial charge in [-0.25, -0.2) is 0 Å². The third-order valence-electron chi connectivity index (χ3n) is 7.78. The molecule has 0 saturated heterocycles. The molecule has 0 spiro atoms. The van der Waals surface area contributed by atoms with E-state index in [1.807, 2.05) is 49.5 Å². The fourth-order valence-corrected chi connectivity index (χ4v) is 6.42. The molecule has 4 nitrogen and oxygen atoms in total. The van der Waals surface area contributed by atoms with E-state index < -0.39 is 5.92 Å². The molecule has 194 valence electrons. The van der Waals surface area contributed by atoms with E-state index in [0.717, 1.165) is 46.5 Å². The first-order valence-electron chi connectivity index (χ1n) is 12.8. The Kier molecular flexibility index (Phi) is 6.57. The van der Waals surface area contributed by atoms with Gasteiger partial charge < -0.3 is 9.64 Å². The van der Waals surface area contributed by atoms with Crippen LogP contribution < -0.4 is 4.74 Å². The molecular formula is C31H33Cl2NO3. The van der Waals surface area contributed by atoms with Crippen LogP contribution in [-0.4, -0.2) is 23.5 Å². The quantitative estimate of drug-likeness (QED) is 0.397. The van der Waals surface area contributed by atoms with Crippen LogP contribution in [0.4, 0.5) is 0 Å². The summed E-state index contributed by atoms with van der Waals surface area (Å²) in [6.45, 7) is 8.92. The van der Waals surface area contributed by atoms with Crippen molar-refractivity contribution >= 4 is 34.8 Å². The Morgan fingerprint density at radius 2 is 1.38 bits per heavy atom. The van der Waals surface area contributed by atoms with Gasteiger partial charge in [-0.3, -0.25) is 9.59 Å². The molecule has 1 aliphatic heterocycles. The topological polar surface area (TPSA) is 46.6 Å². The smallest absolute Gasteiger partial charge is 0.162 e. The van der Waals surface area contributed by atoms with E-state index in [1.54, 1.807) is 0 Å². The molecule has 2 aliphatic carbocycles. The molecule has 6 heteroatoms. The van der Waals surface area contributed by atoms with E-state index in [1.165, 1.54) is 0 Å². The average Bonchev–Trinajstić information content (AvgIpc) is 2.79. The van der Waals surface area contributed by atoms with Crippen LogP contribution in [0.25, 0.3) is 0 Å². The van der Waals surface area contributed by atoms with Gasteiger partial charge in [-0.05, 0) is 59.1 Å². The van der Waals surface area contributed by atoms with Crippen LogP contribution in [0, 0.1) is 10.8 Å². The Balaban J connectivity index is 1.56. The number of carbonyl (C=O) groups excluding carboxylic acids is 2. The third kappa shape index (κ3) is 4.98. The summed E-state index contributed by atoms with van der Waals surface area (Å²) in [5.41, 5.74) is 5.16. The number of rotatable bonds is 4. The lowest BCUT2D eigenvalue weighted by Crippen LogP contribution is -2.43. The summed E-state index contributed by atoms with van der Waals surface area (Å²) in [6.07, 6.45) is 2.52. The van der Waals surface area contributed by atoms with Gasteiger partial charge in [-0.2, -0.15) is 0 Å². The minimum absolute atomic E-state index is 0.117. The summed E-state index contributed by atoms with van der Waals surface area (Å²) >= 11 is 12.7. The van der Waals surface area contributed by atoms with Crippen molar-refractivity contribution in [3.05, 3.63) is 86.2 Å². The molecule has 0 fully saturated rings. The van der Waals surface area contributed by atoms with Gasteiger partial charge in [-0.1, -0.05) is 69.1 Å². The van der Waals surface area contributed by atoms with Crippen molar-refractivity contribution in [1.29, 1.82) is 0 Å². The normalized spacial score (nSPS) is 21.2. The second-order valence-corrected chi connectivity index (χ2v) is 13.0. The van der Waals surface area contributed by atoms with Gasteiger partial charge in [0, 0.05) is 53.4 Å². The number of Topliss-reactive ketones (excluding diaryl/α,β-unsaturated/α-hetero) is 2. The van der Waals surface area contributed by atoms with Crippen LogP contribution in [0.3, 0.4) is 0 Å². The van der Waals surface area contributed by atoms with Gasteiger partial charge in [0.15, 0.2) is 11.6 Å². The number of halogens is 2. The maximum Gasteiger partial charge on any atom is 0.162 e. The van der Waals surface area contributed by atoms with Gasteiger partial charge in [0.05, 0.1) is 5.02 Å². The van der Waals surface area contributed by atoms with E-state index in [0.29, 0.717) is 35.2 Å². The zero-order valence-electron chi connectivity index (χ0n) is 22.1. The predicted octanol–water partition coefficient (Wildman–Crippen LogP) is 7.89. The SMILES string of the molecule is CN1C2=C(C(=O)CC(C)(C)C2)C(c2ccc(OCc3ccc(Cl)cc3)c(Cl)c2)C2=C1CC(C)(C)CC2=O. The lowest BCUT2D eigenvalue weighted by molar-refractivity contribution is -0.119. The molecule has 0 N–H and O–H groups in total. The van der Waals surface area contributed by atoms with Gasteiger partial charge in [0.1, 0.15) is 12.4 Å². The molecule has 0 radical (unpaired) electrons. The second-order valence-electron chi connectivity index (χ2n) is 12.2. The molecule has 0 aromatic heterocycles. The minimum atomic E-state index is -0.406. The summed E-state index contributed by atoms with van der Waals surface area (Å²) < 4.78 is 5.99. The van der Waals surface area contributed by atoms with Gasteiger partial charge in [0.25, 0.3) is 0 Å². The first kappa shape index (κ1) is 26.1. The molecular weight excluding hydrogens is 505 g/mol. The molecule has 2 aromatic carbocycles. The zero-order chi connectivity index (χ0) is 26.7. The summed E-state index contributed by atoms with van der Waals surface area (Å²) in [6, 6.07) is 13.1. The van der Waals surface area contributed by atoms with Crippen molar-refractivity contribution < 1.29 is 14.3 Å². The number of ketones is 2. The number of carbonyl (C=O) groups is 2. The maximum absolute atomic E-state index is 13.6. The molecule has 0 saturated carbocycles. The highest BCUT2D eigenvalue weighted by molar-refractivity contribution is 6.32. The highest BCUT2D eigenvalue weighted by atomic mass is 35.5. The third-order valence-corrected chi connectivity index (χ3v) is 8.32. The number of benzene rings is 2. The van der Waals surface area contributed by atoms with Crippen LogP contribution in [0.5, 0.6) is 5.75 Å². The van der Waals surface area contributed by atoms with E-state index in [2.05, 4.69) is 32.6 Å². The molecule has 1 heterocycles. The Morgan fingerprint density at radius 3 is 1.89 bits per heavy atom. The number of ether oxygens (including phenoxy) is 1. The fourth-order valence-electron chi connectivity index (χ4n) is 6.05. The number of hydrogen-bond donors (Lipinski definition) is 0. The first-order chi connectivity index (χ1) is 17.3. The number of allylic oxidation sites excluding steroid dienone is 4. The van der Waals surface area contributed by atoms with Gasteiger partial charge >= 0.3 is 0 Å². The lowest BCUT2D eigenvalue weighted by atomic mass is 9.64. The highest BCUT2D eigenvalue weighted by Gasteiger charge is 2.48. The first-order valence-corrected chi connectivity index (χ1v) is 13.5. The van der Waals surface area contributed by atoms with Crippen molar-refractivity contribution in [2.75, 3.05) is 7.05 Å². The molecule has 0 atom stereocenters. The highest BCUT2D eigenvalue weighted by Crippen LogP contribution is 2.54. The molecule has 0 unspecified atom stereocenters.